The molecule has 7 nitrogen and oxygen atoms in total. The minimum Gasteiger partial charge on any atom is -0.464 e. The number of nitrogens with one attached hydrogen (secondary N) is 1. The lowest BCUT2D eigenvalue weighted by atomic mass is 10.1. The first kappa shape index (κ1) is 23.4. The Balaban J connectivity index is 1.83. The summed E-state index contributed by atoms with van der Waals surface area (Å²) in [5.74, 6) is -0.0743. The maximum Gasteiger partial charge on any atom is 0.335 e. The zero-order chi connectivity index (χ0) is 22.0. The molecule has 8 heteroatoms. The fourth-order valence-corrected chi connectivity index (χ4v) is 3.11. The van der Waals surface area contributed by atoms with Gasteiger partial charge in [-0.05, 0) is 42.3 Å². The van der Waals surface area contributed by atoms with Gasteiger partial charge in [0, 0.05) is 25.8 Å². The van der Waals surface area contributed by atoms with Crippen molar-refractivity contribution < 1.29 is 26.9 Å². The minimum absolute atomic E-state index is 0.284. The maximum absolute atomic E-state index is 11.8. The van der Waals surface area contributed by atoms with E-state index in [-0.39, 0.29) is 11.7 Å². The van der Waals surface area contributed by atoms with Crippen LogP contribution in [0.1, 0.15) is 18.1 Å². The maximum atomic E-state index is 11.8. The molecule has 0 aliphatic rings. The Morgan fingerprint density at radius 1 is 1.10 bits per heavy atom. The Morgan fingerprint density at radius 3 is 2.33 bits per heavy atom. The number of rotatable bonds is 11. The van der Waals surface area contributed by atoms with Crippen molar-refractivity contribution in [3.05, 3.63) is 65.7 Å². The molecule has 0 heterocycles. The van der Waals surface area contributed by atoms with Crippen LogP contribution in [0.15, 0.2) is 54.6 Å². The Labute approximate surface area is 177 Å². The number of benzene rings is 2. The Kier molecular flexibility index (Phi) is 8.89. The predicted molar refractivity (Wildman–Crippen MR) is 117 cm³/mol. The highest BCUT2D eigenvalue weighted by molar-refractivity contribution is 7.86. The number of carbonyl (C=O) groups excluding carboxylic acids is 1. The van der Waals surface area contributed by atoms with Crippen LogP contribution in [0.5, 0.6) is 5.75 Å². The lowest BCUT2D eigenvalue weighted by Gasteiger charge is -2.14. The van der Waals surface area contributed by atoms with Crippen molar-refractivity contribution in [2.75, 3.05) is 31.8 Å². The largest absolute Gasteiger partial charge is 0.464 e. The lowest BCUT2D eigenvalue weighted by Crippen LogP contribution is -2.27. The SMILES string of the molecule is CCOC(=O)[C@H](Cc1ccc(NCC=Cc2ccc(OS(C)(=O)=O)cc2)cc1)OC. The molecule has 1 atom stereocenters. The molecule has 1 N–H and O–H groups in total. The van der Waals surface area contributed by atoms with Crippen LogP contribution in [0.4, 0.5) is 5.69 Å². The fraction of sp³-hybridized carbons (Fsp3) is 0.318. The molecule has 0 bridgehead atoms. The summed E-state index contributed by atoms with van der Waals surface area (Å²) in [6.45, 7) is 2.71. The molecular formula is C22H27NO6S. The number of hydrogen-bond donors (Lipinski definition) is 1. The van der Waals surface area contributed by atoms with Gasteiger partial charge in [-0.2, -0.15) is 8.42 Å². The van der Waals surface area contributed by atoms with Gasteiger partial charge >= 0.3 is 16.1 Å². The van der Waals surface area contributed by atoms with Gasteiger partial charge in [-0.25, -0.2) is 4.79 Å². The number of carbonyl (C=O) groups is 1. The van der Waals surface area contributed by atoms with Crippen LogP contribution >= 0.6 is 0 Å². The topological polar surface area (TPSA) is 90.9 Å². The van der Waals surface area contributed by atoms with E-state index in [9.17, 15) is 13.2 Å². The zero-order valence-electron chi connectivity index (χ0n) is 17.3. The second-order valence-corrected chi connectivity index (χ2v) is 8.09. The smallest absolute Gasteiger partial charge is 0.335 e. The van der Waals surface area contributed by atoms with Gasteiger partial charge in [-0.1, -0.05) is 36.4 Å². The predicted octanol–water partition coefficient (Wildman–Crippen LogP) is 3.27. The second-order valence-electron chi connectivity index (χ2n) is 6.52. The number of methoxy groups -OCH3 is 1. The van der Waals surface area contributed by atoms with Crippen molar-refractivity contribution in [3.63, 3.8) is 0 Å². The van der Waals surface area contributed by atoms with Crippen LogP contribution in [0.2, 0.25) is 0 Å². The highest BCUT2D eigenvalue weighted by Crippen LogP contribution is 2.15. The van der Waals surface area contributed by atoms with Crippen LogP contribution in [0, 0.1) is 0 Å². The molecule has 2 aromatic carbocycles. The van der Waals surface area contributed by atoms with Crippen molar-refractivity contribution >= 4 is 27.9 Å². The number of esters is 1. The summed E-state index contributed by atoms with van der Waals surface area (Å²) in [5, 5.41) is 3.28. The van der Waals surface area contributed by atoms with Crippen molar-refractivity contribution in [2.45, 2.75) is 19.4 Å². The van der Waals surface area contributed by atoms with Gasteiger partial charge in [0.2, 0.25) is 0 Å². The van der Waals surface area contributed by atoms with Gasteiger partial charge < -0.3 is 19.0 Å². The highest BCUT2D eigenvalue weighted by Gasteiger charge is 2.19. The summed E-state index contributed by atoms with van der Waals surface area (Å²) < 4.78 is 37.2. The first-order valence-corrected chi connectivity index (χ1v) is 11.3. The molecule has 162 valence electrons. The first-order valence-electron chi connectivity index (χ1n) is 9.49. The minimum atomic E-state index is -3.52. The summed E-state index contributed by atoms with van der Waals surface area (Å²) >= 11 is 0. The van der Waals surface area contributed by atoms with E-state index in [0.29, 0.717) is 19.6 Å². The summed E-state index contributed by atoms with van der Waals surface area (Å²) in [7, 11) is -2.02. The van der Waals surface area contributed by atoms with Gasteiger partial charge in [-0.15, -0.1) is 0 Å². The number of hydrogen-bond acceptors (Lipinski definition) is 7. The summed E-state index contributed by atoms with van der Waals surface area (Å²) in [5.41, 5.74) is 2.86. The molecule has 0 unspecified atom stereocenters. The van der Waals surface area contributed by atoms with Crippen LogP contribution in [-0.2, 0) is 30.8 Å². The molecule has 0 aliphatic carbocycles. The average molecular weight is 434 g/mol. The number of ether oxygens (including phenoxy) is 2. The van der Waals surface area contributed by atoms with E-state index in [4.69, 9.17) is 13.7 Å². The van der Waals surface area contributed by atoms with Gasteiger partial charge in [0.25, 0.3) is 0 Å². The van der Waals surface area contributed by atoms with Crippen LogP contribution < -0.4 is 9.50 Å². The van der Waals surface area contributed by atoms with Crippen LogP contribution in [-0.4, -0.2) is 47.0 Å². The molecule has 0 saturated carbocycles. The molecule has 0 aromatic heterocycles. The normalized spacial score (nSPS) is 12.5. The van der Waals surface area contributed by atoms with E-state index in [0.717, 1.165) is 23.1 Å². The molecule has 0 radical (unpaired) electrons. The molecule has 0 spiro atoms. The van der Waals surface area contributed by atoms with E-state index in [1.165, 1.54) is 7.11 Å². The van der Waals surface area contributed by atoms with Crippen molar-refractivity contribution in [2.24, 2.45) is 0 Å². The van der Waals surface area contributed by atoms with Crippen LogP contribution in [0.3, 0.4) is 0 Å². The third-order valence-electron chi connectivity index (χ3n) is 4.07. The zero-order valence-corrected chi connectivity index (χ0v) is 18.1. The van der Waals surface area contributed by atoms with Crippen molar-refractivity contribution in [1.29, 1.82) is 0 Å². The molecule has 2 rings (SSSR count). The third-order valence-corrected chi connectivity index (χ3v) is 4.57. The summed E-state index contributed by atoms with van der Waals surface area (Å²) in [6, 6.07) is 14.5. The first-order chi connectivity index (χ1) is 14.3. The molecule has 0 amide bonds. The van der Waals surface area contributed by atoms with Crippen LogP contribution in [0.25, 0.3) is 6.08 Å². The van der Waals surface area contributed by atoms with E-state index >= 15 is 0 Å². The molecule has 0 fully saturated rings. The summed E-state index contributed by atoms with van der Waals surface area (Å²) in [6.07, 6.45) is 4.74. The van der Waals surface area contributed by atoms with Crippen molar-refractivity contribution in [1.82, 2.24) is 0 Å². The molecule has 0 aliphatic heterocycles. The molecule has 0 saturated heterocycles. The fourth-order valence-electron chi connectivity index (χ4n) is 2.65. The molecule has 2 aromatic rings. The highest BCUT2D eigenvalue weighted by atomic mass is 32.2. The van der Waals surface area contributed by atoms with E-state index in [1.807, 2.05) is 36.4 Å². The molecular weight excluding hydrogens is 406 g/mol. The Morgan fingerprint density at radius 2 is 1.77 bits per heavy atom. The van der Waals surface area contributed by atoms with E-state index in [1.54, 1.807) is 31.2 Å². The van der Waals surface area contributed by atoms with Gasteiger partial charge in [0.05, 0.1) is 12.9 Å². The standard InChI is InChI=1S/C22H27NO6S/c1-4-28-22(24)21(27-2)16-18-7-11-19(12-8-18)23-15-5-6-17-9-13-20(14-10-17)29-30(3,25)26/h5-14,21,23H,4,15-16H2,1-3H3/t21-/m0/s1. The van der Waals surface area contributed by atoms with Gasteiger partial charge in [0.15, 0.2) is 6.10 Å². The average Bonchev–Trinajstić information content (AvgIpc) is 2.70. The van der Waals surface area contributed by atoms with Gasteiger partial charge in [-0.3, -0.25) is 0 Å². The van der Waals surface area contributed by atoms with Gasteiger partial charge in [0.1, 0.15) is 5.75 Å². The monoisotopic (exact) mass is 433 g/mol. The quantitative estimate of drug-likeness (QED) is 0.430. The van der Waals surface area contributed by atoms with E-state index in [2.05, 4.69) is 5.32 Å². The lowest BCUT2D eigenvalue weighted by molar-refractivity contribution is -0.154. The number of anilines is 1. The second kappa shape index (κ2) is 11.4. The Hall–Kier alpha value is -2.84. The van der Waals surface area contributed by atoms with Crippen molar-refractivity contribution in [3.8, 4) is 5.75 Å². The summed E-state index contributed by atoms with van der Waals surface area (Å²) in [4.78, 5) is 11.8. The Bertz CT molecular complexity index is 937. The molecule has 30 heavy (non-hydrogen) atoms. The van der Waals surface area contributed by atoms with E-state index < -0.39 is 16.2 Å². The third kappa shape index (κ3) is 8.26.